The van der Waals surface area contributed by atoms with E-state index >= 15 is 0 Å². The number of amides is 3. The molecule has 5 N–H and O–H groups in total. The van der Waals surface area contributed by atoms with Gasteiger partial charge in [-0.25, -0.2) is 9.97 Å². The minimum Gasteiger partial charge on any atom is -0.394 e. The molecule has 3 amide bonds. The van der Waals surface area contributed by atoms with Gasteiger partial charge < -0.3 is 45.6 Å². The summed E-state index contributed by atoms with van der Waals surface area (Å²) in [6.07, 6.45) is 10.2. The number of hydrogen-bond acceptors (Lipinski definition) is 12. The van der Waals surface area contributed by atoms with Crippen LogP contribution in [0.2, 0.25) is 0 Å². The van der Waals surface area contributed by atoms with Crippen LogP contribution in [0.1, 0.15) is 91.3 Å². The molecule has 3 unspecified atom stereocenters. The Hall–Kier alpha value is -6.00. The Bertz CT molecular complexity index is 2490. The zero-order chi connectivity index (χ0) is 45.7. The smallest absolute Gasteiger partial charge is 0.271 e. The quantitative estimate of drug-likeness (QED) is 0.146. The molecule has 0 saturated carbocycles. The fourth-order valence-electron chi connectivity index (χ4n) is 11.5. The average Bonchev–Trinajstić information content (AvgIpc) is 3.78. The van der Waals surface area contributed by atoms with Crippen LogP contribution in [0, 0.1) is 12.3 Å². The maximum absolute atomic E-state index is 14.1. The first-order valence-electron chi connectivity index (χ1n) is 23.3. The first kappa shape index (κ1) is 44.2. The van der Waals surface area contributed by atoms with Crippen LogP contribution in [0.4, 0.5) is 34.4 Å². The number of aryl methyl sites for hydroxylation is 1. The summed E-state index contributed by atoms with van der Waals surface area (Å²) in [5.41, 5.74) is 13.6. The molecule has 4 aromatic rings. The molecule has 4 aliphatic heterocycles. The van der Waals surface area contributed by atoms with E-state index in [-0.39, 0.29) is 47.4 Å². The number of nitrogens with one attached hydrogen (secondary N) is 2. The van der Waals surface area contributed by atoms with Crippen molar-refractivity contribution in [2.24, 2.45) is 11.1 Å². The van der Waals surface area contributed by atoms with Gasteiger partial charge in [-0.05, 0) is 113 Å². The molecule has 5 aliphatic rings. The summed E-state index contributed by atoms with van der Waals surface area (Å²) in [7, 11) is 0. The Balaban J connectivity index is 0.917. The molecule has 7 heterocycles. The number of nitrogens with two attached hydrogens (primary N) is 1. The van der Waals surface area contributed by atoms with Gasteiger partial charge in [-0.3, -0.25) is 24.3 Å². The number of nitrogens with zero attached hydrogens (tertiary/aromatic N) is 9. The van der Waals surface area contributed by atoms with Gasteiger partial charge in [-0.1, -0.05) is 20.4 Å². The molecule has 16 heteroatoms. The number of piperazine rings is 1. The lowest BCUT2D eigenvalue weighted by atomic mass is 9.90. The lowest BCUT2D eigenvalue weighted by Crippen LogP contribution is -2.60. The number of piperidine rings is 2. The number of anilines is 6. The number of carbonyl (C=O) groups is 3. The molecule has 0 radical (unpaired) electrons. The third-order valence-electron chi connectivity index (χ3n) is 14.5. The van der Waals surface area contributed by atoms with Crippen LogP contribution in [-0.2, 0) is 24.2 Å². The van der Waals surface area contributed by atoms with E-state index in [0.29, 0.717) is 42.4 Å². The number of carbonyl (C=O) groups excluding carboxylic acids is 3. The highest BCUT2D eigenvalue weighted by Crippen LogP contribution is 2.41. The number of rotatable bonds is 11. The van der Waals surface area contributed by atoms with Gasteiger partial charge in [0.15, 0.2) is 11.5 Å². The van der Waals surface area contributed by atoms with Crippen molar-refractivity contribution in [1.29, 1.82) is 0 Å². The summed E-state index contributed by atoms with van der Waals surface area (Å²) >= 11 is 0. The molecule has 0 bridgehead atoms. The molecular formula is C49H64N12O4. The van der Waals surface area contributed by atoms with Gasteiger partial charge in [0.2, 0.25) is 5.91 Å². The Morgan fingerprint density at radius 3 is 2.51 bits per heavy atom. The molecule has 9 rings (SSSR count). The third kappa shape index (κ3) is 8.65. The first-order valence-corrected chi connectivity index (χ1v) is 23.3. The second-order valence-electron chi connectivity index (χ2n) is 19.6. The topological polar surface area (TPSA) is 181 Å². The van der Waals surface area contributed by atoms with Crippen molar-refractivity contribution < 1.29 is 19.5 Å². The van der Waals surface area contributed by atoms with Crippen LogP contribution in [0.3, 0.4) is 0 Å². The Kier molecular flexibility index (Phi) is 12.1. The summed E-state index contributed by atoms with van der Waals surface area (Å²) in [5, 5.41) is 17.3. The van der Waals surface area contributed by atoms with Crippen molar-refractivity contribution in [1.82, 2.24) is 29.3 Å². The van der Waals surface area contributed by atoms with Gasteiger partial charge in [0.1, 0.15) is 11.5 Å². The van der Waals surface area contributed by atoms with Crippen molar-refractivity contribution in [3.05, 3.63) is 89.8 Å². The van der Waals surface area contributed by atoms with Crippen LogP contribution < -0.4 is 31.1 Å². The van der Waals surface area contributed by atoms with Crippen molar-refractivity contribution in [2.45, 2.75) is 110 Å². The zero-order valence-corrected chi connectivity index (χ0v) is 38.5. The van der Waals surface area contributed by atoms with Crippen LogP contribution in [-0.4, -0.2) is 128 Å². The van der Waals surface area contributed by atoms with E-state index in [0.717, 1.165) is 88.3 Å². The summed E-state index contributed by atoms with van der Waals surface area (Å²) < 4.78 is 2.21. The van der Waals surface area contributed by atoms with E-state index < -0.39 is 11.9 Å². The third-order valence-corrected chi connectivity index (χ3v) is 14.5. The number of aliphatic hydroxyl groups is 1. The molecular weight excluding hydrogens is 821 g/mol. The number of primary amides is 1. The molecule has 344 valence electrons. The zero-order valence-electron chi connectivity index (χ0n) is 38.5. The van der Waals surface area contributed by atoms with Gasteiger partial charge in [-0.15, -0.1) is 0 Å². The van der Waals surface area contributed by atoms with Gasteiger partial charge in [-0.2, -0.15) is 0 Å². The van der Waals surface area contributed by atoms with Crippen LogP contribution in [0.25, 0.3) is 0 Å². The van der Waals surface area contributed by atoms with Crippen LogP contribution in [0.5, 0.6) is 0 Å². The van der Waals surface area contributed by atoms with E-state index in [2.05, 4.69) is 92.3 Å². The molecule has 3 fully saturated rings. The number of aromatic nitrogens is 4. The Morgan fingerprint density at radius 1 is 0.954 bits per heavy atom. The average molecular weight is 885 g/mol. The Labute approximate surface area is 381 Å². The lowest BCUT2D eigenvalue weighted by molar-refractivity contribution is -0.111. The molecule has 65 heavy (non-hydrogen) atoms. The van der Waals surface area contributed by atoms with Gasteiger partial charge in [0, 0.05) is 92.9 Å². The molecule has 16 nitrogen and oxygen atoms in total. The summed E-state index contributed by atoms with van der Waals surface area (Å²) in [5.74, 6) is -0.509. The van der Waals surface area contributed by atoms with E-state index in [9.17, 15) is 19.5 Å². The summed E-state index contributed by atoms with van der Waals surface area (Å²) in [4.78, 5) is 65.0. The highest BCUT2D eigenvalue weighted by Gasteiger charge is 2.43. The minimum atomic E-state index is -0.755. The first-order chi connectivity index (χ1) is 31.2. The number of aliphatic hydroxyl groups excluding tert-OH is 1. The van der Waals surface area contributed by atoms with Gasteiger partial charge in [0.25, 0.3) is 11.8 Å². The largest absolute Gasteiger partial charge is 0.394 e. The highest BCUT2D eigenvalue weighted by atomic mass is 16.3. The minimum absolute atomic E-state index is 0.00638. The van der Waals surface area contributed by atoms with E-state index in [1.54, 1.807) is 0 Å². The molecule has 3 saturated heterocycles. The maximum Gasteiger partial charge on any atom is 0.271 e. The molecule has 3 aromatic heterocycles. The number of pyridine rings is 1. The molecule has 5 atom stereocenters. The summed E-state index contributed by atoms with van der Waals surface area (Å²) in [6.45, 7) is 20.0. The SMILES string of the molecule is C=CC(=O)Nc1cc(Nc2nc(N3CCCC(N4CCn5c(cc6c5CC(C)(C)C6)C4=O)C3CO)cnc2C(N)=O)ccc1N1CCN(C2CCN(c3ccnc(C)c3)[C@@H](C)C2)C[C@@H]1C. The highest BCUT2D eigenvalue weighted by molar-refractivity contribution is 6.02. The maximum atomic E-state index is 14.1. The monoisotopic (exact) mass is 885 g/mol. The van der Waals surface area contributed by atoms with Crippen LogP contribution >= 0.6 is 0 Å². The summed E-state index contributed by atoms with van der Waals surface area (Å²) in [6, 6.07) is 12.4. The molecule has 0 spiro atoms. The van der Waals surface area contributed by atoms with Gasteiger partial charge >= 0.3 is 0 Å². The Morgan fingerprint density at radius 2 is 1.77 bits per heavy atom. The van der Waals surface area contributed by atoms with Crippen molar-refractivity contribution in [3.63, 3.8) is 0 Å². The second-order valence-corrected chi connectivity index (χ2v) is 19.6. The fourth-order valence-corrected chi connectivity index (χ4v) is 11.5. The van der Waals surface area contributed by atoms with Crippen molar-refractivity contribution in [3.8, 4) is 0 Å². The molecule has 1 aromatic carbocycles. The van der Waals surface area contributed by atoms with E-state index in [1.807, 2.05) is 41.1 Å². The predicted octanol–water partition coefficient (Wildman–Crippen LogP) is 5.13. The lowest BCUT2D eigenvalue weighted by Gasteiger charge is -2.48. The number of benzene rings is 1. The fraction of sp³-hybridized carbons (Fsp3) is 0.510. The van der Waals surface area contributed by atoms with Gasteiger partial charge in [0.05, 0.1) is 36.3 Å². The second kappa shape index (κ2) is 17.8. The number of hydrogen-bond donors (Lipinski definition) is 4. The van der Waals surface area contributed by atoms with E-state index in [1.165, 1.54) is 29.2 Å². The van der Waals surface area contributed by atoms with E-state index in [4.69, 9.17) is 10.7 Å². The number of fused-ring (bicyclic) bond motifs is 3. The predicted molar refractivity (Wildman–Crippen MR) is 254 cm³/mol. The molecule has 1 aliphatic carbocycles. The van der Waals surface area contributed by atoms with Crippen molar-refractivity contribution >= 4 is 52.1 Å². The van der Waals surface area contributed by atoms with Crippen molar-refractivity contribution in [2.75, 3.05) is 71.2 Å². The van der Waals surface area contributed by atoms with Crippen LogP contribution in [0.15, 0.2) is 61.4 Å². The normalized spacial score (nSPS) is 24.4. The standard InChI is InChI=1S/C49H64N12O4/c1-7-44(63)54-37-24-34(10-11-38(37)58-18-17-56(28-32(58)4)35-13-16-57(31(3)22-35)36-12-14-51-30(2)21-36)53-47-45(46(50)64)52-27-43(55-47)60-15-8-9-39(42(60)29-62)61-20-19-59-40(48(61)65)23-33-25-49(5,6)26-41(33)59/h7,10-12,14,21,23-24,27,31-32,35,39,42,62H,1,8-9,13,15-20,22,25-26,28-29H2,2-6H3,(H2,50,64)(H,53,55)(H,54,63)/t31-,32-,35?,39?,42?/m0/s1.